The Kier molecular flexibility index (Phi) is 6.26. The number of hydrogen-bond acceptors (Lipinski definition) is 4. The summed E-state index contributed by atoms with van der Waals surface area (Å²) in [6, 6.07) is 8.80. The largest absolute Gasteiger partial charge is 0.441 e. The molecule has 0 aliphatic carbocycles. The Hall–Kier alpha value is -2.53. The minimum Gasteiger partial charge on any atom is -0.441 e. The van der Waals surface area contributed by atoms with Crippen LogP contribution in [0, 0.1) is 23.7 Å². The van der Waals surface area contributed by atoms with E-state index in [1.807, 2.05) is 11.0 Å². The van der Waals surface area contributed by atoms with E-state index < -0.39 is 12.1 Å². The number of nitrogens with zero attached hydrogens (tertiary/aromatic N) is 1. The molecule has 1 aromatic rings. The number of carbonyl (C=O) groups excluding carboxylic acids is 1. The second-order valence-electron chi connectivity index (χ2n) is 4.63. The van der Waals surface area contributed by atoms with Crippen molar-refractivity contribution in [2.75, 3.05) is 26.2 Å². The van der Waals surface area contributed by atoms with Crippen molar-refractivity contribution in [3.05, 3.63) is 48.0 Å². The number of aliphatic hydroxyl groups excluding tert-OH is 1. The summed E-state index contributed by atoms with van der Waals surface area (Å²) >= 11 is 0. The molecule has 1 aromatic carbocycles. The average Bonchev–Trinajstić information content (AvgIpc) is 2.55. The molecule has 0 amide bonds. The fourth-order valence-corrected chi connectivity index (χ4v) is 1.84. The van der Waals surface area contributed by atoms with Gasteiger partial charge in [0.15, 0.2) is 6.10 Å². The molecule has 0 spiro atoms. The quantitative estimate of drug-likeness (QED) is 0.667. The van der Waals surface area contributed by atoms with Crippen LogP contribution in [0.4, 0.5) is 0 Å². The molecule has 4 nitrogen and oxygen atoms in total. The van der Waals surface area contributed by atoms with Crippen LogP contribution in [-0.2, 0) is 4.74 Å². The van der Waals surface area contributed by atoms with Crippen LogP contribution in [-0.4, -0.2) is 48.3 Å². The van der Waals surface area contributed by atoms with Crippen LogP contribution in [0.5, 0.6) is 0 Å². The molecule has 0 bridgehead atoms. The monoisotopic (exact) mass is 295 g/mol. The molecule has 0 aromatic heterocycles. The summed E-state index contributed by atoms with van der Waals surface area (Å²) in [5.41, 5.74) is 0.489. The molecular formula is C18H17NO3. The molecule has 0 saturated carbocycles. The highest BCUT2D eigenvalue weighted by molar-refractivity contribution is 5.89. The summed E-state index contributed by atoms with van der Waals surface area (Å²) < 4.78 is 5.37. The number of carbonyl (C=O) groups is 1. The summed E-state index contributed by atoms with van der Waals surface area (Å²) in [6.07, 6.45) is 2.68. The normalized spacial score (nSPS) is 19.0. The predicted octanol–water partition coefficient (Wildman–Crippen LogP) is 1.08. The standard InChI is InChI=1S/C18H17NO3/c20-15-14-19-12-6-2-5-10-17(11-7-13-19)22-18(21)16-8-3-1-4-9-16/h1,3-5,8-10,17,20H,12-15H2/b10-5+. The zero-order valence-electron chi connectivity index (χ0n) is 12.2. The molecule has 22 heavy (non-hydrogen) atoms. The van der Waals surface area contributed by atoms with Crippen LogP contribution < -0.4 is 0 Å². The van der Waals surface area contributed by atoms with Crippen LogP contribution in [0.1, 0.15) is 10.4 Å². The first-order valence-corrected chi connectivity index (χ1v) is 7.02. The fraction of sp³-hybridized carbons (Fsp3) is 0.278. The molecule has 1 unspecified atom stereocenters. The number of esters is 1. The van der Waals surface area contributed by atoms with Crippen molar-refractivity contribution < 1.29 is 14.6 Å². The molecule has 0 fully saturated rings. The van der Waals surface area contributed by atoms with Crippen LogP contribution in [0.15, 0.2) is 42.5 Å². The molecule has 4 heteroatoms. The van der Waals surface area contributed by atoms with E-state index in [-0.39, 0.29) is 6.61 Å². The molecule has 1 N–H and O–H groups in total. The van der Waals surface area contributed by atoms with Crippen LogP contribution in [0.25, 0.3) is 0 Å². The third kappa shape index (κ3) is 5.10. The number of hydrogen-bond donors (Lipinski definition) is 1. The van der Waals surface area contributed by atoms with Crippen molar-refractivity contribution in [3.8, 4) is 23.7 Å². The number of ether oxygens (including phenoxy) is 1. The van der Waals surface area contributed by atoms with E-state index in [4.69, 9.17) is 9.84 Å². The van der Waals surface area contributed by atoms with Crippen LogP contribution in [0.3, 0.4) is 0 Å². The Morgan fingerprint density at radius 3 is 2.82 bits per heavy atom. The maximum Gasteiger partial charge on any atom is 0.339 e. The van der Waals surface area contributed by atoms with Crippen LogP contribution in [0.2, 0.25) is 0 Å². The number of rotatable bonds is 4. The molecule has 1 aliphatic heterocycles. The van der Waals surface area contributed by atoms with E-state index in [1.54, 1.807) is 36.4 Å². The Morgan fingerprint density at radius 1 is 1.27 bits per heavy atom. The van der Waals surface area contributed by atoms with Crippen LogP contribution >= 0.6 is 0 Å². The summed E-state index contributed by atoms with van der Waals surface area (Å²) in [6.45, 7) is 1.60. The summed E-state index contributed by atoms with van der Waals surface area (Å²) in [4.78, 5) is 14.0. The van der Waals surface area contributed by atoms with Gasteiger partial charge in [-0.2, -0.15) is 0 Å². The van der Waals surface area contributed by atoms with Crippen molar-refractivity contribution >= 4 is 5.97 Å². The van der Waals surface area contributed by atoms with E-state index in [2.05, 4.69) is 23.7 Å². The Labute approximate surface area is 130 Å². The molecule has 0 saturated heterocycles. The van der Waals surface area contributed by atoms with Gasteiger partial charge in [0.2, 0.25) is 0 Å². The lowest BCUT2D eigenvalue weighted by molar-refractivity contribution is 0.0475. The molecule has 2 rings (SSSR count). The molecular weight excluding hydrogens is 278 g/mol. The third-order valence-electron chi connectivity index (χ3n) is 2.97. The van der Waals surface area contributed by atoms with Crippen molar-refractivity contribution in [2.45, 2.75) is 6.10 Å². The van der Waals surface area contributed by atoms with Gasteiger partial charge in [-0.1, -0.05) is 41.9 Å². The lowest BCUT2D eigenvalue weighted by Gasteiger charge is -2.15. The fourth-order valence-electron chi connectivity index (χ4n) is 1.84. The lowest BCUT2D eigenvalue weighted by atomic mass is 10.2. The third-order valence-corrected chi connectivity index (χ3v) is 2.97. The number of allylic oxidation sites excluding steroid dienone is 1. The van der Waals surface area contributed by atoms with Gasteiger partial charge in [0, 0.05) is 6.54 Å². The van der Waals surface area contributed by atoms with Gasteiger partial charge in [0.1, 0.15) is 0 Å². The SMILES string of the molecule is O=C(OC1C#CCN(CCO)CC#C/C=C/1)c1ccccc1. The van der Waals surface area contributed by atoms with E-state index in [0.29, 0.717) is 25.2 Å². The first-order chi connectivity index (χ1) is 10.8. The van der Waals surface area contributed by atoms with E-state index in [1.165, 1.54) is 0 Å². The van der Waals surface area contributed by atoms with Gasteiger partial charge in [-0.25, -0.2) is 4.79 Å². The predicted molar refractivity (Wildman–Crippen MR) is 83.9 cm³/mol. The van der Waals surface area contributed by atoms with Crippen molar-refractivity contribution in [3.63, 3.8) is 0 Å². The smallest absolute Gasteiger partial charge is 0.339 e. The minimum absolute atomic E-state index is 0.0611. The van der Waals surface area contributed by atoms with Crippen molar-refractivity contribution in [1.82, 2.24) is 4.90 Å². The molecule has 1 aliphatic rings. The van der Waals surface area contributed by atoms with E-state index in [0.717, 1.165) is 0 Å². The number of benzene rings is 1. The minimum atomic E-state index is -0.629. The summed E-state index contributed by atoms with van der Waals surface area (Å²) in [5.74, 6) is 11.3. The molecule has 1 atom stereocenters. The van der Waals surface area contributed by atoms with Gasteiger partial charge in [0.25, 0.3) is 0 Å². The second kappa shape index (κ2) is 8.69. The second-order valence-corrected chi connectivity index (χ2v) is 4.63. The molecule has 0 radical (unpaired) electrons. The Morgan fingerprint density at radius 2 is 2.05 bits per heavy atom. The van der Waals surface area contributed by atoms with Gasteiger partial charge in [-0.3, -0.25) is 4.90 Å². The van der Waals surface area contributed by atoms with Gasteiger partial charge in [0.05, 0.1) is 25.3 Å². The van der Waals surface area contributed by atoms with Gasteiger partial charge >= 0.3 is 5.97 Å². The Balaban J connectivity index is 2.05. The highest BCUT2D eigenvalue weighted by atomic mass is 16.5. The zero-order valence-corrected chi connectivity index (χ0v) is 12.2. The van der Waals surface area contributed by atoms with Gasteiger partial charge in [-0.15, -0.1) is 0 Å². The van der Waals surface area contributed by atoms with E-state index in [9.17, 15) is 4.79 Å². The Bertz CT molecular complexity index is 644. The van der Waals surface area contributed by atoms with Gasteiger partial charge < -0.3 is 9.84 Å². The maximum atomic E-state index is 12.0. The lowest BCUT2D eigenvalue weighted by Crippen LogP contribution is -2.28. The van der Waals surface area contributed by atoms with Gasteiger partial charge in [-0.05, 0) is 24.3 Å². The number of β-amino-alcohol motifs (C(OH)–C–C–N with tert-alkyl or cyclic N) is 1. The number of aliphatic hydroxyl groups is 1. The maximum absolute atomic E-state index is 12.0. The summed E-state index contributed by atoms with van der Waals surface area (Å²) in [7, 11) is 0. The topological polar surface area (TPSA) is 49.8 Å². The first-order valence-electron chi connectivity index (χ1n) is 7.02. The molecule has 1 heterocycles. The first kappa shape index (κ1) is 15.9. The highest BCUT2D eigenvalue weighted by Crippen LogP contribution is 2.05. The van der Waals surface area contributed by atoms with Crippen molar-refractivity contribution in [1.29, 1.82) is 0 Å². The molecule has 112 valence electrons. The zero-order chi connectivity index (χ0) is 15.6. The average molecular weight is 295 g/mol. The highest BCUT2D eigenvalue weighted by Gasteiger charge is 2.11. The van der Waals surface area contributed by atoms with E-state index >= 15 is 0 Å². The van der Waals surface area contributed by atoms with Crippen molar-refractivity contribution in [2.24, 2.45) is 0 Å². The summed E-state index contributed by atoms with van der Waals surface area (Å²) in [5, 5.41) is 8.98.